The summed E-state index contributed by atoms with van der Waals surface area (Å²) in [5.41, 5.74) is 0.781. The molecule has 17 heteroatoms. The molecule has 298 valence electrons. The van der Waals surface area contributed by atoms with Gasteiger partial charge in [0.2, 0.25) is 21.8 Å². The summed E-state index contributed by atoms with van der Waals surface area (Å²) in [5.74, 6) is -3.25. The van der Waals surface area contributed by atoms with Crippen LogP contribution in [0.5, 0.6) is 0 Å². The standard InChI is InChI=1S/C37H52FN5O10S/c1-7-8-12-29(32(45)41-54(50,51)26-14-15-26)39-33(46)31-18-25(52-36(49)42-19-23-10-9-11-28(38)27(23)21-42)20-43(31)34(47)30(16-13-24(44)17-22(2)3)40-35(48)53-37(4,5)6/h9-11,17,25-26,29-31H,7-8,12-16,18-21H2,1-6H3,(H,39,46)(H,40,48)(H,41,45)/t25?,29?,30-,31?/m0/s1. The van der Waals surface area contributed by atoms with Crippen molar-refractivity contribution in [3.8, 4) is 0 Å². The fraction of sp³-hybridized carbons (Fsp3) is 0.622. The Labute approximate surface area is 315 Å². The van der Waals surface area contributed by atoms with Gasteiger partial charge < -0.3 is 25.0 Å². The van der Waals surface area contributed by atoms with Crippen molar-refractivity contribution in [1.29, 1.82) is 0 Å². The third kappa shape index (κ3) is 11.7. The number of benzene rings is 1. The van der Waals surface area contributed by atoms with Crippen LogP contribution in [0.1, 0.15) is 104 Å². The number of ether oxygens (including phenoxy) is 2. The number of alkyl carbamates (subject to hydrolysis) is 1. The fourth-order valence-electron chi connectivity index (χ4n) is 6.31. The van der Waals surface area contributed by atoms with Crippen molar-refractivity contribution >= 4 is 45.7 Å². The molecule has 2 heterocycles. The van der Waals surface area contributed by atoms with Crippen molar-refractivity contribution in [3.05, 3.63) is 46.8 Å². The van der Waals surface area contributed by atoms with Gasteiger partial charge in [0.25, 0.3) is 5.91 Å². The van der Waals surface area contributed by atoms with Crippen LogP contribution >= 0.6 is 0 Å². The van der Waals surface area contributed by atoms with Gasteiger partial charge >= 0.3 is 12.2 Å². The summed E-state index contributed by atoms with van der Waals surface area (Å²) in [6.45, 7) is 9.99. The van der Waals surface area contributed by atoms with Crippen molar-refractivity contribution in [2.75, 3.05) is 6.54 Å². The van der Waals surface area contributed by atoms with Gasteiger partial charge in [0.1, 0.15) is 35.6 Å². The normalized spacial score (nSPS) is 19.2. The molecule has 1 saturated heterocycles. The molecule has 5 amide bonds. The molecule has 0 bridgehead atoms. The van der Waals surface area contributed by atoms with Crippen LogP contribution in [0.2, 0.25) is 0 Å². The molecule has 2 aliphatic heterocycles. The number of ketones is 1. The van der Waals surface area contributed by atoms with Crippen molar-refractivity contribution in [2.24, 2.45) is 0 Å². The number of hydrogen-bond acceptors (Lipinski definition) is 10. The van der Waals surface area contributed by atoms with Crippen LogP contribution in [-0.2, 0) is 51.8 Å². The Morgan fingerprint density at radius 1 is 1.02 bits per heavy atom. The van der Waals surface area contributed by atoms with Crippen LogP contribution in [0.25, 0.3) is 0 Å². The van der Waals surface area contributed by atoms with Crippen LogP contribution in [0, 0.1) is 5.82 Å². The monoisotopic (exact) mass is 777 g/mol. The molecule has 3 unspecified atom stereocenters. The summed E-state index contributed by atoms with van der Waals surface area (Å²) in [4.78, 5) is 82.9. The van der Waals surface area contributed by atoms with Crippen LogP contribution in [0.4, 0.5) is 14.0 Å². The van der Waals surface area contributed by atoms with Gasteiger partial charge in [0, 0.05) is 24.9 Å². The lowest BCUT2D eigenvalue weighted by atomic mass is 10.0. The topological polar surface area (TPSA) is 198 Å². The number of nitrogens with one attached hydrogen (secondary N) is 3. The maximum Gasteiger partial charge on any atom is 0.410 e. The zero-order valence-corrected chi connectivity index (χ0v) is 32.6. The molecular formula is C37H52FN5O10S. The lowest BCUT2D eigenvalue weighted by molar-refractivity contribution is -0.141. The first-order chi connectivity index (χ1) is 25.3. The molecule has 1 aromatic rings. The SMILES string of the molecule is CCCCC(NC(=O)C1CC(OC(=O)N2Cc3cccc(F)c3C2)CN1C(=O)[C@H](CCC(=O)C=C(C)C)NC(=O)OC(C)(C)C)C(=O)NS(=O)(=O)C1CC1. The first-order valence-corrected chi connectivity index (χ1v) is 19.9. The van der Waals surface area contributed by atoms with Gasteiger partial charge in [-0.25, -0.2) is 22.4 Å². The quantitative estimate of drug-likeness (QED) is 0.221. The molecule has 0 spiro atoms. The van der Waals surface area contributed by atoms with Gasteiger partial charge in [0.15, 0.2) is 5.78 Å². The van der Waals surface area contributed by atoms with Crippen molar-refractivity contribution in [1.82, 2.24) is 25.2 Å². The van der Waals surface area contributed by atoms with E-state index in [0.717, 1.165) is 10.5 Å². The molecule has 4 rings (SSSR count). The minimum absolute atomic E-state index is 0.0420. The van der Waals surface area contributed by atoms with E-state index in [9.17, 15) is 41.6 Å². The van der Waals surface area contributed by atoms with E-state index in [1.165, 1.54) is 23.1 Å². The van der Waals surface area contributed by atoms with E-state index in [1.807, 2.05) is 6.92 Å². The second-order valence-corrected chi connectivity index (χ2v) is 17.3. The highest BCUT2D eigenvalue weighted by atomic mass is 32.2. The highest BCUT2D eigenvalue weighted by Gasteiger charge is 2.46. The molecule has 0 radical (unpaired) electrons. The molecule has 1 aromatic carbocycles. The number of amides is 5. The van der Waals surface area contributed by atoms with Crippen LogP contribution in [0.3, 0.4) is 0 Å². The number of rotatable bonds is 15. The molecule has 3 aliphatic rings. The molecular weight excluding hydrogens is 725 g/mol. The lowest BCUT2D eigenvalue weighted by Gasteiger charge is -2.30. The molecule has 15 nitrogen and oxygen atoms in total. The first-order valence-electron chi connectivity index (χ1n) is 18.3. The van der Waals surface area contributed by atoms with E-state index in [4.69, 9.17) is 9.47 Å². The minimum atomic E-state index is -3.93. The highest BCUT2D eigenvalue weighted by molar-refractivity contribution is 7.90. The summed E-state index contributed by atoms with van der Waals surface area (Å²) in [6.07, 6.45) is 0.168. The third-order valence-electron chi connectivity index (χ3n) is 9.10. The highest BCUT2D eigenvalue weighted by Crippen LogP contribution is 2.29. The molecule has 4 atom stereocenters. The number of sulfonamides is 1. The number of hydrogen-bond donors (Lipinski definition) is 3. The predicted octanol–water partition coefficient (Wildman–Crippen LogP) is 3.74. The van der Waals surface area contributed by atoms with Gasteiger partial charge in [-0.3, -0.25) is 28.8 Å². The van der Waals surface area contributed by atoms with Crippen LogP contribution in [-0.4, -0.2) is 95.5 Å². The van der Waals surface area contributed by atoms with Crippen LogP contribution in [0.15, 0.2) is 29.8 Å². The number of fused-ring (bicyclic) bond motifs is 1. The zero-order chi connectivity index (χ0) is 40.0. The van der Waals surface area contributed by atoms with Gasteiger partial charge in [-0.05, 0) is 78.0 Å². The fourth-order valence-corrected chi connectivity index (χ4v) is 7.65. The summed E-state index contributed by atoms with van der Waals surface area (Å²) in [6, 6.07) is 0.581. The largest absolute Gasteiger partial charge is 0.444 e. The van der Waals surface area contributed by atoms with E-state index in [0.29, 0.717) is 36.8 Å². The summed E-state index contributed by atoms with van der Waals surface area (Å²) < 4.78 is 52.8. The van der Waals surface area contributed by atoms with E-state index in [1.54, 1.807) is 40.7 Å². The molecule has 1 aliphatic carbocycles. The Bertz CT molecular complexity index is 1750. The smallest absolute Gasteiger partial charge is 0.410 e. The maximum atomic E-state index is 14.4. The van der Waals surface area contributed by atoms with Gasteiger partial charge in [-0.15, -0.1) is 0 Å². The molecule has 3 N–H and O–H groups in total. The number of carbonyl (C=O) groups excluding carboxylic acids is 6. The van der Waals surface area contributed by atoms with E-state index >= 15 is 0 Å². The van der Waals surface area contributed by atoms with Crippen molar-refractivity contribution in [2.45, 2.75) is 141 Å². The average molecular weight is 778 g/mol. The Hall–Kier alpha value is -4.54. The van der Waals surface area contributed by atoms with Gasteiger partial charge in [0.05, 0.1) is 18.3 Å². The summed E-state index contributed by atoms with van der Waals surface area (Å²) >= 11 is 0. The zero-order valence-electron chi connectivity index (χ0n) is 31.7. The minimum Gasteiger partial charge on any atom is -0.444 e. The molecule has 0 aromatic heterocycles. The van der Waals surface area contributed by atoms with E-state index < -0.39 is 80.8 Å². The van der Waals surface area contributed by atoms with Crippen molar-refractivity contribution < 1.29 is 51.0 Å². The molecule has 2 fully saturated rings. The summed E-state index contributed by atoms with van der Waals surface area (Å²) in [5, 5.41) is 4.46. The Kier molecular flexibility index (Phi) is 13.9. The Balaban J connectivity index is 1.59. The number of allylic oxidation sites excluding steroid dienone is 2. The van der Waals surface area contributed by atoms with Gasteiger partial charge in [-0.1, -0.05) is 37.5 Å². The maximum absolute atomic E-state index is 14.4. The number of likely N-dealkylation sites (tertiary alicyclic amines) is 1. The predicted molar refractivity (Wildman–Crippen MR) is 194 cm³/mol. The second-order valence-electron chi connectivity index (χ2n) is 15.3. The van der Waals surface area contributed by atoms with E-state index in [-0.39, 0.29) is 51.1 Å². The van der Waals surface area contributed by atoms with Crippen molar-refractivity contribution in [3.63, 3.8) is 0 Å². The third-order valence-corrected chi connectivity index (χ3v) is 10.9. The number of unbranched alkanes of at least 4 members (excludes halogenated alkanes) is 1. The number of carbonyl (C=O) groups is 6. The first kappa shape index (κ1) is 42.2. The second kappa shape index (κ2) is 17.7. The van der Waals surface area contributed by atoms with Gasteiger partial charge in [-0.2, -0.15) is 0 Å². The lowest BCUT2D eigenvalue weighted by Crippen LogP contribution is -2.57. The Morgan fingerprint density at radius 3 is 2.33 bits per heavy atom. The number of nitrogens with zero attached hydrogens (tertiary/aromatic N) is 2. The molecule has 1 saturated carbocycles. The number of halogens is 1. The van der Waals surface area contributed by atoms with Crippen LogP contribution < -0.4 is 15.4 Å². The molecule has 54 heavy (non-hydrogen) atoms. The van der Waals surface area contributed by atoms with E-state index in [2.05, 4.69) is 15.4 Å². The summed E-state index contributed by atoms with van der Waals surface area (Å²) in [7, 11) is -3.93. The Morgan fingerprint density at radius 2 is 1.72 bits per heavy atom. The average Bonchev–Trinajstić information content (AvgIpc) is 3.71.